The number of rotatable bonds is 4. The van der Waals surface area contributed by atoms with Crippen LogP contribution in [0.1, 0.15) is 22.3 Å². The molecule has 0 N–H and O–H groups in total. The minimum atomic E-state index is -0.493. The second-order valence-corrected chi connectivity index (χ2v) is 11.6. The highest BCUT2D eigenvalue weighted by Crippen LogP contribution is 2.59. The summed E-state index contributed by atoms with van der Waals surface area (Å²) in [6.45, 7) is 0. The lowest BCUT2D eigenvalue weighted by atomic mass is 9.67. The summed E-state index contributed by atoms with van der Waals surface area (Å²) in [6.07, 6.45) is 3.72. The first-order valence-electron chi connectivity index (χ1n) is 15.3. The molecule has 0 radical (unpaired) electrons. The Morgan fingerprint density at radius 1 is 0.378 bits per heavy atom. The van der Waals surface area contributed by atoms with Crippen LogP contribution >= 0.6 is 0 Å². The Balaban J connectivity index is 1.42. The molecule has 3 aromatic heterocycles. The van der Waals surface area contributed by atoms with Crippen LogP contribution in [0.4, 0.5) is 0 Å². The van der Waals surface area contributed by atoms with Gasteiger partial charge in [-0.25, -0.2) is 4.98 Å². The van der Waals surface area contributed by atoms with Crippen molar-refractivity contribution in [2.75, 3.05) is 0 Å². The van der Waals surface area contributed by atoms with E-state index in [-0.39, 0.29) is 0 Å². The zero-order valence-electron chi connectivity index (χ0n) is 24.4. The van der Waals surface area contributed by atoms with Gasteiger partial charge in [-0.05, 0) is 57.6 Å². The van der Waals surface area contributed by atoms with E-state index >= 15 is 0 Å². The van der Waals surface area contributed by atoms with E-state index in [4.69, 9.17) is 15.0 Å². The van der Waals surface area contributed by atoms with Crippen LogP contribution < -0.4 is 0 Å². The van der Waals surface area contributed by atoms with E-state index in [0.29, 0.717) is 0 Å². The van der Waals surface area contributed by atoms with E-state index in [1.54, 1.807) is 0 Å². The van der Waals surface area contributed by atoms with Crippen molar-refractivity contribution >= 4 is 21.8 Å². The van der Waals surface area contributed by atoms with E-state index in [9.17, 15) is 0 Å². The number of nitrogens with zero attached hydrogens (tertiary/aromatic N) is 3. The lowest BCUT2D eigenvalue weighted by Gasteiger charge is -2.34. The fraction of sp³-hybridized carbons (Fsp3) is 0.0238. The van der Waals surface area contributed by atoms with Crippen LogP contribution in [0.3, 0.4) is 0 Å². The Hall–Kier alpha value is -5.93. The van der Waals surface area contributed by atoms with Gasteiger partial charge in [0.25, 0.3) is 0 Å². The summed E-state index contributed by atoms with van der Waals surface area (Å²) in [7, 11) is 0. The van der Waals surface area contributed by atoms with Crippen LogP contribution in [0.15, 0.2) is 164 Å². The van der Waals surface area contributed by atoms with Crippen LogP contribution in [0.25, 0.3) is 55.4 Å². The maximum atomic E-state index is 5.30. The molecule has 0 aliphatic heterocycles. The molecular formula is C42H27N3. The molecule has 0 spiro atoms. The Morgan fingerprint density at radius 2 is 1.04 bits per heavy atom. The summed E-state index contributed by atoms with van der Waals surface area (Å²) in [5.74, 6) is 0. The Kier molecular flexibility index (Phi) is 5.72. The second kappa shape index (κ2) is 10.1. The third-order valence-corrected chi connectivity index (χ3v) is 9.25. The fourth-order valence-electron chi connectivity index (χ4n) is 7.40. The summed E-state index contributed by atoms with van der Waals surface area (Å²) in [6, 6.07) is 54.0. The van der Waals surface area contributed by atoms with Gasteiger partial charge in [-0.2, -0.15) is 0 Å². The summed E-state index contributed by atoms with van der Waals surface area (Å²) in [4.78, 5) is 15.0. The molecule has 0 atom stereocenters. The first kappa shape index (κ1) is 25.6. The Bertz CT molecular complexity index is 2330. The van der Waals surface area contributed by atoms with Gasteiger partial charge in [-0.1, -0.05) is 127 Å². The SMILES string of the molecule is c1ccc(C2(c3ccccc3)c3ccccc3-c3c2ccc(-c2ccc4ccc5cccnc5c4n2)c3-c2ccccn2)cc1. The van der Waals surface area contributed by atoms with E-state index in [2.05, 4.69) is 140 Å². The van der Waals surface area contributed by atoms with Gasteiger partial charge in [0.15, 0.2) is 0 Å². The normalized spacial score (nSPS) is 13.1. The summed E-state index contributed by atoms with van der Waals surface area (Å²) in [5, 5.41) is 2.15. The maximum Gasteiger partial charge on any atom is 0.0972 e. The second-order valence-electron chi connectivity index (χ2n) is 11.6. The third kappa shape index (κ3) is 3.74. The largest absolute Gasteiger partial charge is 0.256 e. The predicted octanol–water partition coefficient (Wildman–Crippen LogP) is 9.88. The van der Waals surface area contributed by atoms with Gasteiger partial charge in [-0.3, -0.25) is 9.97 Å². The van der Waals surface area contributed by atoms with Gasteiger partial charge >= 0.3 is 0 Å². The first-order valence-corrected chi connectivity index (χ1v) is 15.3. The van der Waals surface area contributed by atoms with Crippen molar-refractivity contribution in [2.24, 2.45) is 0 Å². The number of pyridine rings is 3. The van der Waals surface area contributed by atoms with Gasteiger partial charge < -0.3 is 0 Å². The topological polar surface area (TPSA) is 38.7 Å². The molecule has 3 heterocycles. The molecule has 0 saturated heterocycles. The standard InChI is InChI=1S/C42H27N3/c1-3-13-30(14-4-1)42(31-15-5-2-6-16-31)34-18-8-7-17-32(34)38-35(42)24-23-33(39(38)37-19-9-10-26-43-37)36-25-22-29-21-20-28-12-11-27-44-40(28)41(29)45-36/h1-27H. The van der Waals surface area contributed by atoms with Gasteiger partial charge in [0.2, 0.25) is 0 Å². The van der Waals surface area contributed by atoms with Crippen molar-refractivity contribution in [1.29, 1.82) is 0 Å². The van der Waals surface area contributed by atoms with Crippen molar-refractivity contribution < 1.29 is 0 Å². The number of hydrogen-bond donors (Lipinski definition) is 0. The van der Waals surface area contributed by atoms with Crippen LogP contribution in [-0.2, 0) is 5.41 Å². The zero-order valence-corrected chi connectivity index (χ0v) is 24.4. The van der Waals surface area contributed by atoms with Crippen LogP contribution in [0.5, 0.6) is 0 Å². The number of benzene rings is 5. The van der Waals surface area contributed by atoms with Crippen LogP contribution in [0, 0.1) is 0 Å². The minimum absolute atomic E-state index is 0.493. The first-order chi connectivity index (χ1) is 22.3. The van der Waals surface area contributed by atoms with Crippen molar-refractivity contribution in [3.05, 3.63) is 186 Å². The third-order valence-electron chi connectivity index (χ3n) is 9.25. The van der Waals surface area contributed by atoms with E-state index in [1.807, 2.05) is 24.5 Å². The highest BCUT2D eigenvalue weighted by Gasteiger charge is 2.47. The number of fused-ring (bicyclic) bond motifs is 6. The molecule has 8 aromatic rings. The molecule has 0 unspecified atom stereocenters. The Labute approximate surface area is 261 Å². The average Bonchev–Trinajstić information content (AvgIpc) is 3.43. The van der Waals surface area contributed by atoms with Crippen molar-refractivity contribution in [3.8, 4) is 33.6 Å². The van der Waals surface area contributed by atoms with Crippen molar-refractivity contribution in [1.82, 2.24) is 15.0 Å². The highest BCUT2D eigenvalue weighted by atomic mass is 14.8. The average molecular weight is 574 g/mol. The van der Waals surface area contributed by atoms with Crippen LogP contribution in [-0.4, -0.2) is 15.0 Å². The fourth-order valence-corrected chi connectivity index (χ4v) is 7.40. The maximum absolute atomic E-state index is 5.30. The molecule has 5 aromatic carbocycles. The highest BCUT2D eigenvalue weighted by molar-refractivity contribution is 6.05. The summed E-state index contributed by atoms with van der Waals surface area (Å²) in [5.41, 5.74) is 12.7. The molecule has 0 saturated carbocycles. The molecule has 0 amide bonds. The lowest BCUT2D eigenvalue weighted by molar-refractivity contribution is 0.768. The summed E-state index contributed by atoms with van der Waals surface area (Å²) < 4.78 is 0. The molecule has 1 aliphatic rings. The molecule has 0 fully saturated rings. The molecule has 1 aliphatic carbocycles. The molecule has 45 heavy (non-hydrogen) atoms. The molecular weight excluding hydrogens is 546 g/mol. The van der Waals surface area contributed by atoms with E-state index in [1.165, 1.54) is 33.4 Å². The monoisotopic (exact) mass is 573 g/mol. The Morgan fingerprint density at radius 3 is 1.80 bits per heavy atom. The molecule has 210 valence electrons. The number of hydrogen-bond acceptors (Lipinski definition) is 3. The van der Waals surface area contributed by atoms with Gasteiger partial charge in [0.05, 0.1) is 27.8 Å². The molecule has 0 bridgehead atoms. The van der Waals surface area contributed by atoms with Crippen molar-refractivity contribution in [2.45, 2.75) is 5.41 Å². The van der Waals surface area contributed by atoms with E-state index < -0.39 is 5.41 Å². The molecule has 9 rings (SSSR count). The predicted molar refractivity (Wildman–Crippen MR) is 183 cm³/mol. The molecule has 3 heteroatoms. The van der Waals surface area contributed by atoms with Crippen LogP contribution in [0.2, 0.25) is 0 Å². The van der Waals surface area contributed by atoms with Crippen molar-refractivity contribution in [3.63, 3.8) is 0 Å². The smallest absolute Gasteiger partial charge is 0.0972 e. The lowest BCUT2D eigenvalue weighted by Crippen LogP contribution is -2.28. The van der Waals surface area contributed by atoms with Gasteiger partial charge in [0, 0.05) is 34.3 Å². The van der Waals surface area contributed by atoms with E-state index in [0.717, 1.165) is 44.3 Å². The summed E-state index contributed by atoms with van der Waals surface area (Å²) >= 11 is 0. The number of aromatic nitrogens is 3. The molecule has 3 nitrogen and oxygen atoms in total. The van der Waals surface area contributed by atoms with Gasteiger partial charge in [-0.15, -0.1) is 0 Å². The minimum Gasteiger partial charge on any atom is -0.256 e. The quantitative estimate of drug-likeness (QED) is 0.197. The van der Waals surface area contributed by atoms with Gasteiger partial charge in [0.1, 0.15) is 0 Å². The zero-order chi connectivity index (χ0) is 29.8.